The summed E-state index contributed by atoms with van der Waals surface area (Å²) in [4.78, 5) is 2.68. The number of likely N-dealkylation sites (tertiary alicyclic amines) is 1. The van der Waals surface area contributed by atoms with Crippen molar-refractivity contribution in [3.8, 4) is 0 Å². The van der Waals surface area contributed by atoms with Crippen molar-refractivity contribution in [3.63, 3.8) is 0 Å². The van der Waals surface area contributed by atoms with E-state index < -0.39 is 0 Å². The molecule has 1 saturated carbocycles. The van der Waals surface area contributed by atoms with Gasteiger partial charge in [0, 0.05) is 6.54 Å². The third-order valence-electron chi connectivity index (χ3n) is 4.56. The molecule has 0 N–H and O–H groups in total. The van der Waals surface area contributed by atoms with E-state index in [9.17, 15) is 0 Å². The second-order valence-electron chi connectivity index (χ2n) is 6.38. The van der Waals surface area contributed by atoms with Crippen molar-refractivity contribution in [1.82, 2.24) is 4.90 Å². The molecule has 1 saturated heterocycles. The molecule has 1 aliphatic carbocycles. The van der Waals surface area contributed by atoms with Crippen LogP contribution in [0.25, 0.3) is 0 Å². The molecular formula is C16H33N. The number of hydrogen-bond donors (Lipinski definition) is 0. The maximum atomic E-state index is 2.68. The Hall–Kier alpha value is -0.0400. The highest BCUT2D eigenvalue weighted by Crippen LogP contribution is 2.53. The molecule has 0 amide bonds. The van der Waals surface area contributed by atoms with Gasteiger partial charge in [0.1, 0.15) is 0 Å². The van der Waals surface area contributed by atoms with Crippen LogP contribution in [0.5, 0.6) is 0 Å². The van der Waals surface area contributed by atoms with Gasteiger partial charge in [-0.1, -0.05) is 41.0 Å². The van der Waals surface area contributed by atoms with Crippen molar-refractivity contribution >= 4 is 0 Å². The lowest BCUT2D eigenvalue weighted by atomic mass is 9.57. The number of nitrogens with zero attached hydrogens (tertiary/aromatic N) is 1. The topological polar surface area (TPSA) is 3.24 Å². The van der Waals surface area contributed by atoms with Gasteiger partial charge >= 0.3 is 0 Å². The third-order valence-corrected chi connectivity index (χ3v) is 4.56. The van der Waals surface area contributed by atoms with Crippen LogP contribution < -0.4 is 0 Å². The molecule has 2 rings (SSSR count). The van der Waals surface area contributed by atoms with Crippen LogP contribution in [-0.2, 0) is 0 Å². The molecule has 102 valence electrons. The fourth-order valence-electron chi connectivity index (χ4n) is 3.59. The van der Waals surface area contributed by atoms with Gasteiger partial charge in [-0.05, 0) is 56.0 Å². The fraction of sp³-hybridized carbons (Fsp3) is 1.00. The highest BCUT2D eigenvalue weighted by molar-refractivity contribution is 4.96. The lowest BCUT2D eigenvalue weighted by Gasteiger charge is -2.52. The van der Waals surface area contributed by atoms with Gasteiger partial charge in [0.2, 0.25) is 0 Å². The summed E-state index contributed by atoms with van der Waals surface area (Å²) in [6.07, 6.45) is 7.46. The van der Waals surface area contributed by atoms with Crippen LogP contribution in [0.2, 0.25) is 0 Å². The van der Waals surface area contributed by atoms with Crippen LogP contribution >= 0.6 is 0 Å². The van der Waals surface area contributed by atoms with E-state index in [1.807, 2.05) is 13.8 Å². The van der Waals surface area contributed by atoms with Gasteiger partial charge in [-0.3, -0.25) is 0 Å². The molecule has 0 aromatic heterocycles. The van der Waals surface area contributed by atoms with E-state index in [-0.39, 0.29) is 0 Å². The zero-order valence-corrected chi connectivity index (χ0v) is 12.8. The SMILES string of the molecule is CC.CCC1CC2(CCN(CC(C)C)CC2)C1. The van der Waals surface area contributed by atoms with Gasteiger partial charge < -0.3 is 4.90 Å². The average Bonchev–Trinajstić information content (AvgIpc) is 2.29. The van der Waals surface area contributed by atoms with Gasteiger partial charge in [-0.15, -0.1) is 0 Å². The molecule has 2 fully saturated rings. The Balaban J connectivity index is 0.000000686. The van der Waals surface area contributed by atoms with E-state index in [0.717, 1.165) is 17.3 Å². The quantitative estimate of drug-likeness (QED) is 0.697. The number of rotatable bonds is 3. The lowest BCUT2D eigenvalue weighted by molar-refractivity contribution is -0.0165. The molecule has 0 radical (unpaired) electrons. The normalized spacial score (nSPS) is 24.4. The Morgan fingerprint density at radius 3 is 2.06 bits per heavy atom. The van der Waals surface area contributed by atoms with Gasteiger partial charge in [0.25, 0.3) is 0 Å². The minimum atomic E-state index is 0.800. The monoisotopic (exact) mass is 239 g/mol. The zero-order chi connectivity index (χ0) is 12.9. The highest BCUT2D eigenvalue weighted by atomic mass is 15.1. The molecule has 1 nitrogen and oxygen atoms in total. The standard InChI is InChI=1S/C14H27N.C2H6/c1-4-13-9-14(10-13)5-7-15(8-6-14)11-12(2)3;1-2/h12-13H,4-11H2,1-3H3;1-2H3. The first-order chi connectivity index (χ1) is 8.13. The van der Waals surface area contributed by atoms with E-state index in [4.69, 9.17) is 0 Å². The Kier molecular flexibility index (Phi) is 5.99. The molecule has 0 atom stereocenters. The average molecular weight is 239 g/mol. The van der Waals surface area contributed by atoms with Gasteiger partial charge in [0.05, 0.1) is 0 Å². The summed E-state index contributed by atoms with van der Waals surface area (Å²) < 4.78 is 0. The molecule has 0 bridgehead atoms. The summed E-state index contributed by atoms with van der Waals surface area (Å²) in [7, 11) is 0. The molecular weight excluding hydrogens is 206 g/mol. The van der Waals surface area contributed by atoms with Crippen LogP contribution in [-0.4, -0.2) is 24.5 Å². The lowest BCUT2D eigenvalue weighted by Crippen LogP contribution is -2.47. The predicted octanol–water partition coefficient (Wildman–Crippen LogP) is 4.57. The minimum absolute atomic E-state index is 0.800. The first-order valence-corrected chi connectivity index (χ1v) is 7.86. The van der Waals surface area contributed by atoms with Crippen LogP contribution in [0.3, 0.4) is 0 Å². The Morgan fingerprint density at radius 2 is 1.65 bits per heavy atom. The van der Waals surface area contributed by atoms with E-state index >= 15 is 0 Å². The van der Waals surface area contributed by atoms with E-state index in [1.165, 1.54) is 38.9 Å². The van der Waals surface area contributed by atoms with Crippen LogP contribution in [0.15, 0.2) is 0 Å². The largest absolute Gasteiger partial charge is 0.303 e. The molecule has 0 aromatic carbocycles. The maximum absolute atomic E-state index is 2.68. The first-order valence-electron chi connectivity index (χ1n) is 7.86. The summed E-state index contributed by atoms with van der Waals surface area (Å²) >= 11 is 0. The molecule has 2 aliphatic rings. The van der Waals surface area contributed by atoms with Crippen molar-refractivity contribution in [3.05, 3.63) is 0 Å². The predicted molar refractivity (Wildman–Crippen MR) is 77.3 cm³/mol. The Morgan fingerprint density at radius 1 is 1.12 bits per heavy atom. The van der Waals surface area contributed by atoms with E-state index in [2.05, 4.69) is 25.7 Å². The summed E-state index contributed by atoms with van der Waals surface area (Å²) in [5.74, 6) is 1.91. The third kappa shape index (κ3) is 3.98. The Bertz CT molecular complexity index is 194. The van der Waals surface area contributed by atoms with Crippen LogP contribution in [0.1, 0.15) is 66.7 Å². The molecule has 1 spiro atoms. The van der Waals surface area contributed by atoms with Crippen molar-refractivity contribution in [2.75, 3.05) is 19.6 Å². The van der Waals surface area contributed by atoms with Crippen LogP contribution in [0.4, 0.5) is 0 Å². The first kappa shape index (κ1) is 15.0. The van der Waals surface area contributed by atoms with Crippen LogP contribution in [0, 0.1) is 17.3 Å². The fourth-order valence-corrected chi connectivity index (χ4v) is 3.59. The molecule has 17 heavy (non-hydrogen) atoms. The second kappa shape index (κ2) is 6.78. The smallest absolute Gasteiger partial charge is 0.000439 e. The molecule has 0 unspecified atom stereocenters. The second-order valence-corrected chi connectivity index (χ2v) is 6.38. The Labute approximate surface area is 109 Å². The molecule has 1 heterocycles. The zero-order valence-electron chi connectivity index (χ0n) is 12.8. The van der Waals surface area contributed by atoms with Crippen molar-refractivity contribution in [1.29, 1.82) is 0 Å². The van der Waals surface area contributed by atoms with Crippen molar-refractivity contribution < 1.29 is 0 Å². The maximum Gasteiger partial charge on any atom is 0.000439 e. The number of hydrogen-bond acceptors (Lipinski definition) is 1. The summed E-state index contributed by atoms with van der Waals surface area (Å²) in [5, 5.41) is 0. The number of piperidine rings is 1. The minimum Gasteiger partial charge on any atom is -0.303 e. The highest BCUT2D eigenvalue weighted by Gasteiger charge is 2.44. The van der Waals surface area contributed by atoms with Gasteiger partial charge in [0.15, 0.2) is 0 Å². The summed E-state index contributed by atoms with van der Waals surface area (Å²) in [6, 6.07) is 0. The van der Waals surface area contributed by atoms with Gasteiger partial charge in [-0.2, -0.15) is 0 Å². The molecule has 1 aliphatic heterocycles. The van der Waals surface area contributed by atoms with E-state index in [0.29, 0.717) is 0 Å². The van der Waals surface area contributed by atoms with Crippen molar-refractivity contribution in [2.24, 2.45) is 17.3 Å². The molecule has 1 heteroatoms. The summed E-state index contributed by atoms with van der Waals surface area (Å²) in [6.45, 7) is 15.1. The molecule has 0 aromatic rings. The summed E-state index contributed by atoms with van der Waals surface area (Å²) in [5.41, 5.74) is 0.800. The van der Waals surface area contributed by atoms with Gasteiger partial charge in [-0.25, -0.2) is 0 Å². The van der Waals surface area contributed by atoms with Crippen molar-refractivity contribution in [2.45, 2.75) is 66.7 Å². The van der Waals surface area contributed by atoms with E-state index in [1.54, 1.807) is 12.8 Å².